The third-order valence-electron chi connectivity index (χ3n) is 5.69. The highest BCUT2D eigenvalue weighted by molar-refractivity contribution is 6.39. The van der Waals surface area contributed by atoms with Crippen LogP contribution in [-0.2, 0) is 16.0 Å². The summed E-state index contributed by atoms with van der Waals surface area (Å²) in [6.45, 7) is 4.98. The zero-order valence-corrected chi connectivity index (χ0v) is 23.4. The van der Waals surface area contributed by atoms with E-state index in [0.717, 1.165) is 34.4 Å². The van der Waals surface area contributed by atoms with Gasteiger partial charge in [0.05, 0.1) is 41.0 Å². The number of ether oxygens (including phenoxy) is 3. The van der Waals surface area contributed by atoms with E-state index in [-0.39, 0.29) is 28.0 Å². The quantitative estimate of drug-likeness (QED) is 0.326. The third kappa shape index (κ3) is 7.10. The van der Waals surface area contributed by atoms with Gasteiger partial charge in [-0.05, 0) is 48.7 Å². The van der Waals surface area contributed by atoms with E-state index < -0.39 is 11.9 Å². The number of hydrogen-bond donors (Lipinski definition) is 1. The van der Waals surface area contributed by atoms with Crippen LogP contribution in [0.3, 0.4) is 0 Å². The van der Waals surface area contributed by atoms with Crippen molar-refractivity contribution in [3.63, 3.8) is 0 Å². The molecule has 0 saturated carbocycles. The Hall–Kier alpha value is -3.00. The number of halogens is 4. The van der Waals surface area contributed by atoms with Crippen molar-refractivity contribution in [3.05, 3.63) is 80.0 Å². The van der Waals surface area contributed by atoms with E-state index in [1.165, 1.54) is 19.2 Å². The van der Waals surface area contributed by atoms with Crippen molar-refractivity contribution in [1.82, 2.24) is 5.32 Å². The summed E-state index contributed by atoms with van der Waals surface area (Å²) in [5.74, 6) is 0.0941. The Morgan fingerprint density at radius 1 is 1.00 bits per heavy atom. The van der Waals surface area contributed by atoms with Crippen LogP contribution in [0, 0.1) is 12.7 Å². The van der Waals surface area contributed by atoms with Gasteiger partial charge in [0.1, 0.15) is 12.4 Å². The van der Waals surface area contributed by atoms with Crippen molar-refractivity contribution in [1.29, 1.82) is 0 Å². The minimum Gasteiger partial charge on any atom is -0.489 e. The van der Waals surface area contributed by atoms with Gasteiger partial charge < -0.3 is 19.5 Å². The van der Waals surface area contributed by atoms with E-state index in [4.69, 9.17) is 44.3 Å². The van der Waals surface area contributed by atoms with Crippen molar-refractivity contribution < 1.29 is 28.2 Å². The predicted octanol–water partition coefficient (Wildman–Crippen LogP) is 7.07. The van der Waals surface area contributed by atoms with E-state index in [9.17, 15) is 14.0 Å². The first-order chi connectivity index (χ1) is 18.2. The van der Waals surface area contributed by atoms with Crippen LogP contribution < -0.4 is 14.8 Å². The van der Waals surface area contributed by atoms with Gasteiger partial charge in [-0.2, -0.15) is 0 Å². The second-order valence-corrected chi connectivity index (χ2v) is 9.49. The molecule has 0 spiro atoms. The number of carbonyl (C=O) groups is 2. The zero-order valence-electron chi connectivity index (χ0n) is 21.1. The highest BCUT2D eigenvalue weighted by Crippen LogP contribution is 2.45. The highest BCUT2D eigenvalue weighted by Gasteiger charge is 2.22. The van der Waals surface area contributed by atoms with Crippen LogP contribution in [0.4, 0.5) is 4.39 Å². The Labute approximate surface area is 235 Å². The van der Waals surface area contributed by atoms with E-state index in [2.05, 4.69) is 10.1 Å². The third-order valence-corrected chi connectivity index (χ3v) is 6.62. The smallest absolute Gasteiger partial charge is 0.325 e. The minimum atomic E-state index is -0.545. The lowest BCUT2D eigenvalue weighted by Gasteiger charge is -2.18. The lowest BCUT2D eigenvalue weighted by molar-refractivity contribution is -0.139. The number of hydrogen-bond acceptors (Lipinski definition) is 5. The molecule has 38 heavy (non-hydrogen) atoms. The summed E-state index contributed by atoms with van der Waals surface area (Å²) in [6.07, 6.45) is 1.53. The summed E-state index contributed by atoms with van der Waals surface area (Å²) in [4.78, 5) is 22.4. The molecule has 3 aromatic carbocycles. The van der Waals surface area contributed by atoms with Gasteiger partial charge in [0.25, 0.3) is 5.91 Å². The normalized spacial score (nSPS) is 12.1. The van der Waals surface area contributed by atoms with Gasteiger partial charge in [0.15, 0.2) is 11.5 Å². The fourth-order valence-electron chi connectivity index (χ4n) is 3.82. The lowest BCUT2D eigenvalue weighted by Crippen LogP contribution is -2.30. The minimum absolute atomic E-state index is 0.148. The largest absolute Gasteiger partial charge is 0.489 e. The number of carbonyl (C=O) groups excluding carboxylic acids is 2. The van der Waals surface area contributed by atoms with Crippen LogP contribution in [0.15, 0.2) is 42.5 Å². The molecule has 6 nitrogen and oxygen atoms in total. The van der Waals surface area contributed by atoms with Crippen LogP contribution in [0.1, 0.15) is 34.8 Å². The first kappa shape index (κ1) is 29.6. The average molecular weight is 583 g/mol. The Bertz CT molecular complexity index is 1310. The molecule has 0 unspecified atom stereocenters. The van der Waals surface area contributed by atoms with Crippen molar-refractivity contribution >= 4 is 46.7 Å². The summed E-state index contributed by atoms with van der Waals surface area (Å²) in [6, 6.07) is 11.6. The van der Waals surface area contributed by atoms with E-state index in [1.807, 2.05) is 26.0 Å². The van der Waals surface area contributed by atoms with Crippen molar-refractivity contribution in [2.75, 3.05) is 26.9 Å². The molecule has 1 amide bonds. The molecule has 0 fully saturated rings. The Balaban J connectivity index is 0.000000223. The van der Waals surface area contributed by atoms with Gasteiger partial charge in [0, 0.05) is 17.5 Å². The molecule has 0 atom stereocenters. The summed E-state index contributed by atoms with van der Waals surface area (Å²) in [5, 5.41) is 3.21. The maximum atomic E-state index is 13.6. The molecule has 4 rings (SSSR count). The van der Waals surface area contributed by atoms with Crippen LogP contribution in [-0.4, -0.2) is 38.7 Å². The number of esters is 1. The Morgan fingerprint density at radius 3 is 2.29 bits per heavy atom. The number of amides is 1. The molecule has 0 aromatic heterocycles. The summed E-state index contributed by atoms with van der Waals surface area (Å²) in [5.41, 5.74) is 3.73. The van der Waals surface area contributed by atoms with Gasteiger partial charge in [-0.1, -0.05) is 59.9 Å². The number of methoxy groups -OCH3 is 1. The van der Waals surface area contributed by atoms with Gasteiger partial charge in [-0.15, -0.1) is 0 Å². The van der Waals surface area contributed by atoms with Crippen molar-refractivity contribution in [2.24, 2.45) is 0 Å². The second kappa shape index (κ2) is 13.7. The molecule has 0 radical (unpaired) electrons. The summed E-state index contributed by atoms with van der Waals surface area (Å²) >= 11 is 18.0. The molecule has 1 heterocycles. The Kier molecular flexibility index (Phi) is 10.6. The molecule has 0 bridgehead atoms. The van der Waals surface area contributed by atoms with Crippen LogP contribution in [0.5, 0.6) is 11.5 Å². The van der Waals surface area contributed by atoms with Crippen molar-refractivity contribution in [3.8, 4) is 22.6 Å². The van der Waals surface area contributed by atoms with Crippen LogP contribution in [0.2, 0.25) is 15.1 Å². The molecular formula is C28H27Cl3FNO5. The lowest BCUT2D eigenvalue weighted by atomic mass is 9.95. The number of rotatable bonds is 5. The highest BCUT2D eigenvalue weighted by atomic mass is 35.5. The van der Waals surface area contributed by atoms with Crippen LogP contribution >= 0.6 is 34.8 Å². The topological polar surface area (TPSA) is 73.9 Å². The van der Waals surface area contributed by atoms with Gasteiger partial charge in [-0.3, -0.25) is 9.59 Å². The fourth-order valence-corrected chi connectivity index (χ4v) is 4.72. The van der Waals surface area contributed by atoms with E-state index in [0.29, 0.717) is 30.4 Å². The van der Waals surface area contributed by atoms with Gasteiger partial charge >= 0.3 is 5.97 Å². The standard InChI is InChI=1S/C18H18ClFO2.C10H9Cl2NO3/c1-3-12-9-13(20)10-15(19)16(12)14-6-5-11(2)17-18(14)22-8-4-7-21-17;1-16-8(14)5-13-10(15)9-6(11)3-2-4-7(9)12/h5-6,9-10H,3-4,7-8H2,1-2H3;2-4H,5H2,1H3,(H,13,15). The molecule has 1 N–H and O–H groups in total. The van der Waals surface area contributed by atoms with E-state index in [1.54, 1.807) is 18.2 Å². The predicted molar refractivity (Wildman–Crippen MR) is 147 cm³/mol. The maximum Gasteiger partial charge on any atom is 0.325 e. The summed E-state index contributed by atoms with van der Waals surface area (Å²) in [7, 11) is 1.23. The number of aryl methyl sites for hydroxylation is 2. The average Bonchev–Trinajstić information content (AvgIpc) is 3.15. The van der Waals surface area contributed by atoms with Gasteiger partial charge in [0.2, 0.25) is 0 Å². The molecule has 10 heteroatoms. The Morgan fingerprint density at radius 2 is 1.66 bits per heavy atom. The first-order valence-corrected chi connectivity index (χ1v) is 13.0. The number of fused-ring (bicyclic) bond motifs is 1. The number of nitrogens with one attached hydrogen (secondary N) is 1. The SMILES string of the molecule is CCc1cc(F)cc(Cl)c1-c1ccc(C)c2c1OCCCO2.COC(=O)CNC(=O)c1c(Cl)cccc1Cl. The van der Waals surface area contributed by atoms with Crippen molar-refractivity contribution in [2.45, 2.75) is 26.7 Å². The molecule has 1 aliphatic heterocycles. The maximum absolute atomic E-state index is 13.6. The second-order valence-electron chi connectivity index (χ2n) is 8.27. The van der Waals surface area contributed by atoms with Crippen LogP contribution in [0.25, 0.3) is 11.1 Å². The zero-order chi connectivity index (χ0) is 27.8. The van der Waals surface area contributed by atoms with Gasteiger partial charge in [-0.25, -0.2) is 4.39 Å². The fraction of sp³-hybridized carbons (Fsp3) is 0.286. The molecule has 0 aliphatic carbocycles. The monoisotopic (exact) mass is 581 g/mol. The van der Waals surface area contributed by atoms with E-state index >= 15 is 0 Å². The molecule has 1 aliphatic rings. The number of benzene rings is 3. The molecule has 0 saturated heterocycles. The summed E-state index contributed by atoms with van der Waals surface area (Å²) < 4.78 is 29.8. The first-order valence-electron chi connectivity index (χ1n) is 11.8. The molecule has 202 valence electrons. The molecule has 3 aromatic rings. The molecular weight excluding hydrogens is 556 g/mol.